The fraction of sp³-hybridized carbons (Fsp3) is 0.294. The van der Waals surface area contributed by atoms with E-state index in [-0.39, 0.29) is 12.5 Å². The number of nitrogens with one attached hydrogen (secondary N) is 1. The number of nitrogens with zero attached hydrogens (tertiary/aromatic N) is 1. The van der Waals surface area contributed by atoms with Crippen molar-refractivity contribution >= 4 is 26.6 Å². The van der Waals surface area contributed by atoms with E-state index in [9.17, 15) is 13.2 Å². The molecule has 0 aliphatic carbocycles. The van der Waals surface area contributed by atoms with Crippen molar-refractivity contribution in [1.29, 1.82) is 0 Å². The Morgan fingerprint density at radius 3 is 2.57 bits per heavy atom. The van der Waals surface area contributed by atoms with Crippen LogP contribution in [0.2, 0.25) is 0 Å². The number of carbonyl (C=O) groups excluding carboxylic acids is 1. The molecule has 1 aromatic carbocycles. The van der Waals surface area contributed by atoms with Crippen LogP contribution in [0.15, 0.2) is 29.7 Å². The number of aromatic nitrogens is 1. The van der Waals surface area contributed by atoms with Gasteiger partial charge in [0.05, 0.1) is 11.1 Å². The minimum absolute atomic E-state index is 0.152. The van der Waals surface area contributed by atoms with E-state index in [0.29, 0.717) is 5.56 Å². The summed E-state index contributed by atoms with van der Waals surface area (Å²) in [6, 6.07) is 5.72. The first-order chi connectivity index (χ1) is 10.7. The van der Waals surface area contributed by atoms with Crippen molar-refractivity contribution in [3.8, 4) is 0 Å². The lowest BCUT2D eigenvalue weighted by Gasteiger charge is -2.10. The first kappa shape index (κ1) is 17.1. The lowest BCUT2D eigenvalue weighted by atomic mass is 10.0. The van der Waals surface area contributed by atoms with Crippen molar-refractivity contribution in [3.63, 3.8) is 0 Å². The minimum atomic E-state index is -3.18. The largest absolute Gasteiger partial charge is 0.349 e. The first-order valence-corrected chi connectivity index (χ1v) is 9.16. The molecule has 1 heterocycles. The highest BCUT2D eigenvalue weighted by atomic mass is 32.2. The van der Waals surface area contributed by atoms with Gasteiger partial charge in [-0.2, -0.15) is 0 Å². The number of amides is 1. The van der Waals surface area contributed by atoms with E-state index >= 15 is 0 Å². The van der Waals surface area contributed by atoms with Crippen molar-refractivity contribution in [2.24, 2.45) is 0 Å². The summed E-state index contributed by atoms with van der Waals surface area (Å²) in [7, 11) is -3.18. The second-order valence-electron chi connectivity index (χ2n) is 5.70. The lowest BCUT2D eigenvalue weighted by Crippen LogP contribution is -2.24. The van der Waals surface area contributed by atoms with E-state index in [2.05, 4.69) is 10.3 Å². The summed E-state index contributed by atoms with van der Waals surface area (Å²) in [5.74, 6) is -0.247. The predicted octanol–water partition coefficient (Wildman–Crippen LogP) is 2.45. The fourth-order valence-electron chi connectivity index (χ4n) is 2.47. The van der Waals surface area contributed by atoms with E-state index in [4.69, 9.17) is 0 Å². The number of benzene rings is 1. The summed E-state index contributed by atoms with van der Waals surface area (Å²) in [6.07, 6.45) is 2.52. The second-order valence-corrected chi connectivity index (χ2v) is 7.63. The fourth-order valence-corrected chi connectivity index (χ4v) is 2.91. The zero-order valence-electron chi connectivity index (χ0n) is 13.7. The first-order valence-electron chi connectivity index (χ1n) is 7.21. The van der Waals surface area contributed by atoms with Gasteiger partial charge in [0.15, 0.2) is 9.84 Å². The molecular formula is C17H20N2O3S. The van der Waals surface area contributed by atoms with Crippen LogP contribution in [-0.2, 0) is 9.84 Å². The quantitative estimate of drug-likeness (QED) is 0.933. The SMILES string of the molecule is Cc1cc(C)c2nc(C)cc(C(=O)NC/C=C/S(C)(=O)=O)c2c1. The van der Waals surface area contributed by atoms with Gasteiger partial charge in [0.25, 0.3) is 5.91 Å². The van der Waals surface area contributed by atoms with Gasteiger partial charge in [0, 0.05) is 29.3 Å². The number of hydrogen-bond donors (Lipinski definition) is 1. The third kappa shape index (κ3) is 4.39. The Morgan fingerprint density at radius 2 is 1.91 bits per heavy atom. The van der Waals surface area contributed by atoms with Gasteiger partial charge in [0.2, 0.25) is 0 Å². The van der Waals surface area contributed by atoms with Crippen molar-refractivity contribution in [1.82, 2.24) is 10.3 Å². The molecule has 1 N–H and O–H groups in total. The molecule has 0 aliphatic heterocycles. The highest BCUT2D eigenvalue weighted by Crippen LogP contribution is 2.23. The topological polar surface area (TPSA) is 76.1 Å². The Kier molecular flexibility index (Phi) is 4.85. The van der Waals surface area contributed by atoms with Crippen LogP contribution >= 0.6 is 0 Å². The maximum Gasteiger partial charge on any atom is 0.252 e. The number of sulfone groups is 1. The lowest BCUT2D eigenvalue weighted by molar-refractivity contribution is 0.0959. The number of rotatable bonds is 4. The second kappa shape index (κ2) is 6.50. The van der Waals surface area contributed by atoms with Gasteiger partial charge in [-0.05, 0) is 38.5 Å². The van der Waals surface area contributed by atoms with Crippen LogP contribution in [0.5, 0.6) is 0 Å². The molecule has 1 aromatic heterocycles. The highest BCUT2D eigenvalue weighted by molar-refractivity contribution is 7.93. The molecule has 0 aliphatic rings. The Hall–Kier alpha value is -2.21. The number of carbonyl (C=O) groups is 1. The normalized spacial score (nSPS) is 12.0. The summed E-state index contributed by atoms with van der Waals surface area (Å²) in [5, 5.41) is 4.60. The zero-order valence-corrected chi connectivity index (χ0v) is 14.5. The Morgan fingerprint density at radius 1 is 1.22 bits per heavy atom. The predicted molar refractivity (Wildman–Crippen MR) is 92.3 cm³/mol. The highest BCUT2D eigenvalue weighted by Gasteiger charge is 2.13. The van der Waals surface area contributed by atoms with Gasteiger partial charge in [-0.1, -0.05) is 17.7 Å². The molecule has 6 heteroatoms. The summed E-state index contributed by atoms with van der Waals surface area (Å²) in [4.78, 5) is 17.0. The summed E-state index contributed by atoms with van der Waals surface area (Å²) >= 11 is 0. The standard InChI is InChI=1S/C17H20N2O3S/c1-11-8-12(2)16-14(9-11)15(10-13(3)19-16)17(20)18-6-5-7-23(4,21)22/h5,7-10H,6H2,1-4H3,(H,18,20)/b7-5+. The molecule has 122 valence electrons. The number of aryl methyl sites for hydroxylation is 3. The molecule has 0 bridgehead atoms. The molecule has 0 saturated heterocycles. The maximum absolute atomic E-state index is 12.4. The summed E-state index contributed by atoms with van der Waals surface area (Å²) < 4.78 is 22.1. The maximum atomic E-state index is 12.4. The third-order valence-electron chi connectivity index (χ3n) is 3.34. The average molecular weight is 332 g/mol. The molecule has 23 heavy (non-hydrogen) atoms. The average Bonchev–Trinajstić information content (AvgIpc) is 2.42. The number of hydrogen-bond acceptors (Lipinski definition) is 4. The van der Waals surface area contributed by atoms with Crippen LogP contribution < -0.4 is 5.32 Å². The Bertz CT molecular complexity index is 900. The third-order valence-corrected chi connectivity index (χ3v) is 4.03. The van der Waals surface area contributed by atoms with Crippen molar-refractivity contribution in [2.75, 3.05) is 12.8 Å². The van der Waals surface area contributed by atoms with E-state index in [0.717, 1.165) is 39.4 Å². The minimum Gasteiger partial charge on any atom is -0.349 e. The molecule has 0 radical (unpaired) electrons. The van der Waals surface area contributed by atoms with Crippen molar-refractivity contribution < 1.29 is 13.2 Å². The van der Waals surface area contributed by atoms with Gasteiger partial charge >= 0.3 is 0 Å². The van der Waals surface area contributed by atoms with Gasteiger partial charge in [0.1, 0.15) is 0 Å². The molecule has 0 atom stereocenters. The molecule has 0 unspecified atom stereocenters. The number of pyridine rings is 1. The zero-order chi connectivity index (χ0) is 17.2. The smallest absolute Gasteiger partial charge is 0.252 e. The molecule has 0 spiro atoms. The summed E-state index contributed by atoms with van der Waals surface area (Å²) in [6.45, 7) is 5.94. The van der Waals surface area contributed by atoms with Gasteiger partial charge in [-0.15, -0.1) is 0 Å². The molecule has 2 rings (SSSR count). The van der Waals surface area contributed by atoms with Gasteiger partial charge < -0.3 is 5.32 Å². The van der Waals surface area contributed by atoms with Crippen LogP contribution in [-0.4, -0.2) is 32.1 Å². The van der Waals surface area contributed by atoms with Crippen LogP contribution in [0.1, 0.15) is 27.2 Å². The van der Waals surface area contributed by atoms with E-state index in [1.807, 2.05) is 32.9 Å². The van der Waals surface area contributed by atoms with Crippen LogP contribution in [0.4, 0.5) is 0 Å². The van der Waals surface area contributed by atoms with Crippen molar-refractivity contribution in [2.45, 2.75) is 20.8 Å². The molecular weight excluding hydrogens is 312 g/mol. The Labute approximate surface area is 136 Å². The van der Waals surface area contributed by atoms with Crippen LogP contribution in [0.25, 0.3) is 10.9 Å². The molecule has 0 fully saturated rings. The van der Waals surface area contributed by atoms with Gasteiger partial charge in [-0.25, -0.2) is 8.42 Å². The molecule has 1 amide bonds. The summed E-state index contributed by atoms with van der Waals surface area (Å²) in [5.41, 5.74) is 4.21. The number of fused-ring (bicyclic) bond motifs is 1. The molecule has 2 aromatic rings. The van der Waals surface area contributed by atoms with Crippen LogP contribution in [0, 0.1) is 20.8 Å². The monoisotopic (exact) mass is 332 g/mol. The van der Waals surface area contributed by atoms with Crippen molar-refractivity contribution in [3.05, 3.63) is 52.1 Å². The molecule has 0 saturated carbocycles. The Balaban J connectivity index is 2.35. The van der Waals surface area contributed by atoms with Gasteiger partial charge in [-0.3, -0.25) is 9.78 Å². The van der Waals surface area contributed by atoms with Crippen LogP contribution in [0.3, 0.4) is 0 Å². The van der Waals surface area contributed by atoms with E-state index in [1.54, 1.807) is 6.07 Å². The van der Waals surface area contributed by atoms with E-state index in [1.165, 1.54) is 6.08 Å². The molecule has 5 nitrogen and oxygen atoms in total. The van der Waals surface area contributed by atoms with E-state index < -0.39 is 9.84 Å².